The molecule has 0 aliphatic rings. The van der Waals surface area contributed by atoms with Gasteiger partial charge in [0, 0.05) is 6.07 Å². The average molecular weight is 256 g/mol. The van der Waals surface area contributed by atoms with Crippen LogP contribution in [0.2, 0.25) is 0 Å². The molecular formula is C13H12N4O2. The Bertz CT molecular complexity index is 701. The van der Waals surface area contributed by atoms with Gasteiger partial charge in [-0.25, -0.2) is 4.68 Å². The average Bonchev–Trinajstić information content (AvgIpc) is 2.42. The molecule has 2 rings (SSSR count). The molecule has 96 valence electrons. The zero-order valence-corrected chi connectivity index (χ0v) is 10.3. The number of nitrogens with two attached hydrogens (primary N) is 1. The lowest BCUT2D eigenvalue weighted by atomic mass is 10.1. The summed E-state index contributed by atoms with van der Waals surface area (Å²) in [6.45, 7) is 0.270. The molecule has 2 aromatic rings. The molecule has 6 nitrogen and oxygen atoms in total. The lowest BCUT2D eigenvalue weighted by molar-refractivity contribution is 0.412. The van der Waals surface area contributed by atoms with Gasteiger partial charge < -0.3 is 10.5 Å². The van der Waals surface area contributed by atoms with Crippen molar-refractivity contribution in [1.29, 1.82) is 5.26 Å². The van der Waals surface area contributed by atoms with Gasteiger partial charge in [0.1, 0.15) is 17.6 Å². The van der Waals surface area contributed by atoms with Crippen LogP contribution in [0.3, 0.4) is 0 Å². The summed E-state index contributed by atoms with van der Waals surface area (Å²) >= 11 is 0. The van der Waals surface area contributed by atoms with E-state index in [1.807, 2.05) is 6.07 Å². The first kappa shape index (κ1) is 12.6. The predicted octanol–water partition coefficient (Wildman–Crippen LogP) is 0.754. The van der Waals surface area contributed by atoms with Gasteiger partial charge in [0.25, 0.3) is 5.56 Å². The van der Waals surface area contributed by atoms with Crippen LogP contribution in [0.25, 0.3) is 0 Å². The standard InChI is InChI=1S/C13H12N4O2/c1-19-11-6-9(2-3-10(11)7-14)8-17-13(18)5-4-12(15)16-17/h2-6H,8H2,1H3,(H2,15,16). The molecule has 0 amide bonds. The number of ether oxygens (including phenoxy) is 1. The highest BCUT2D eigenvalue weighted by Gasteiger charge is 2.05. The summed E-state index contributed by atoms with van der Waals surface area (Å²) in [6.07, 6.45) is 0. The topological polar surface area (TPSA) is 93.9 Å². The first-order valence-corrected chi connectivity index (χ1v) is 5.54. The van der Waals surface area contributed by atoms with Crippen molar-refractivity contribution in [2.24, 2.45) is 0 Å². The lowest BCUT2D eigenvalue weighted by Crippen LogP contribution is -2.23. The quantitative estimate of drug-likeness (QED) is 0.874. The third kappa shape index (κ3) is 2.72. The number of aromatic nitrogens is 2. The minimum absolute atomic E-state index is 0.238. The van der Waals surface area contributed by atoms with Crippen molar-refractivity contribution in [3.05, 3.63) is 51.8 Å². The number of rotatable bonds is 3. The predicted molar refractivity (Wildman–Crippen MR) is 69.7 cm³/mol. The molecule has 0 atom stereocenters. The van der Waals surface area contributed by atoms with Crippen molar-refractivity contribution in [2.45, 2.75) is 6.54 Å². The number of nitrogen functional groups attached to an aromatic ring is 1. The molecule has 0 spiro atoms. The molecule has 0 saturated carbocycles. The number of benzene rings is 1. The molecule has 0 aliphatic heterocycles. The van der Waals surface area contributed by atoms with Crippen LogP contribution in [0.5, 0.6) is 5.75 Å². The van der Waals surface area contributed by atoms with Crippen LogP contribution in [-0.2, 0) is 6.54 Å². The van der Waals surface area contributed by atoms with Crippen LogP contribution < -0.4 is 16.0 Å². The highest BCUT2D eigenvalue weighted by Crippen LogP contribution is 2.19. The summed E-state index contributed by atoms with van der Waals surface area (Å²) in [5, 5.41) is 12.8. The van der Waals surface area contributed by atoms with Crippen molar-refractivity contribution >= 4 is 5.82 Å². The van der Waals surface area contributed by atoms with Crippen molar-refractivity contribution in [1.82, 2.24) is 9.78 Å². The van der Waals surface area contributed by atoms with Gasteiger partial charge in [0.05, 0.1) is 19.2 Å². The van der Waals surface area contributed by atoms with E-state index < -0.39 is 0 Å². The van der Waals surface area contributed by atoms with Gasteiger partial charge in [-0.1, -0.05) is 6.07 Å². The molecule has 0 unspecified atom stereocenters. The number of nitrogens with zero attached hydrogens (tertiary/aromatic N) is 3. The molecule has 19 heavy (non-hydrogen) atoms. The summed E-state index contributed by atoms with van der Waals surface area (Å²) in [4.78, 5) is 11.6. The van der Waals surface area contributed by atoms with Gasteiger partial charge in [0.15, 0.2) is 0 Å². The Kier molecular flexibility index (Phi) is 3.48. The maximum absolute atomic E-state index is 11.6. The van der Waals surface area contributed by atoms with E-state index in [0.29, 0.717) is 11.3 Å². The highest BCUT2D eigenvalue weighted by molar-refractivity contribution is 5.45. The normalized spacial score (nSPS) is 9.89. The van der Waals surface area contributed by atoms with Crippen molar-refractivity contribution in [3.8, 4) is 11.8 Å². The minimum atomic E-state index is -0.238. The molecular weight excluding hydrogens is 244 g/mol. The van der Waals surface area contributed by atoms with Crippen LogP contribution in [0.1, 0.15) is 11.1 Å². The van der Waals surface area contributed by atoms with Gasteiger partial charge >= 0.3 is 0 Å². The summed E-state index contributed by atoms with van der Waals surface area (Å²) in [5.74, 6) is 0.747. The Morgan fingerprint density at radius 2 is 2.21 bits per heavy atom. The molecule has 0 fully saturated rings. The van der Waals surface area contributed by atoms with Crippen LogP contribution in [-0.4, -0.2) is 16.9 Å². The van der Waals surface area contributed by atoms with Gasteiger partial charge in [-0.2, -0.15) is 10.4 Å². The maximum Gasteiger partial charge on any atom is 0.267 e. The van der Waals surface area contributed by atoms with E-state index in [4.69, 9.17) is 15.7 Å². The number of hydrogen-bond acceptors (Lipinski definition) is 5. The van der Waals surface area contributed by atoms with Gasteiger partial charge in [0.2, 0.25) is 0 Å². The second kappa shape index (κ2) is 5.23. The fourth-order valence-corrected chi connectivity index (χ4v) is 1.68. The second-order valence-electron chi connectivity index (χ2n) is 3.90. The summed E-state index contributed by atoms with van der Waals surface area (Å²) in [7, 11) is 1.49. The molecule has 0 radical (unpaired) electrons. The second-order valence-corrected chi connectivity index (χ2v) is 3.90. The van der Waals surface area contributed by atoms with E-state index in [0.717, 1.165) is 5.56 Å². The molecule has 0 bridgehead atoms. The first-order valence-electron chi connectivity index (χ1n) is 5.54. The molecule has 1 aromatic carbocycles. The van der Waals surface area contributed by atoms with E-state index in [2.05, 4.69) is 5.10 Å². The summed E-state index contributed by atoms with van der Waals surface area (Å²) in [6, 6.07) is 9.95. The Hall–Kier alpha value is -2.81. The third-order valence-electron chi connectivity index (χ3n) is 2.61. The van der Waals surface area contributed by atoms with Crippen molar-refractivity contribution < 1.29 is 4.74 Å². The van der Waals surface area contributed by atoms with Gasteiger partial charge in [-0.15, -0.1) is 0 Å². The smallest absolute Gasteiger partial charge is 0.267 e. The van der Waals surface area contributed by atoms with E-state index in [1.54, 1.807) is 18.2 Å². The zero-order valence-electron chi connectivity index (χ0n) is 10.3. The van der Waals surface area contributed by atoms with E-state index in [9.17, 15) is 4.79 Å². The Morgan fingerprint density at radius 3 is 2.89 bits per heavy atom. The Morgan fingerprint density at radius 1 is 1.42 bits per heavy atom. The number of hydrogen-bond donors (Lipinski definition) is 1. The number of methoxy groups -OCH3 is 1. The number of nitriles is 1. The molecule has 6 heteroatoms. The molecule has 1 aromatic heterocycles. The van der Waals surface area contributed by atoms with Crippen LogP contribution in [0.15, 0.2) is 35.1 Å². The van der Waals surface area contributed by atoms with E-state index >= 15 is 0 Å². The minimum Gasteiger partial charge on any atom is -0.495 e. The fraction of sp³-hybridized carbons (Fsp3) is 0.154. The SMILES string of the molecule is COc1cc(Cn2nc(N)ccc2=O)ccc1C#N. The maximum atomic E-state index is 11.6. The van der Waals surface area contributed by atoms with Gasteiger partial charge in [-0.05, 0) is 23.8 Å². The third-order valence-corrected chi connectivity index (χ3v) is 2.61. The molecule has 1 heterocycles. The molecule has 0 saturated heterocycles. The lowest BCUT2D eigenvalue weighted by Gasteiger charge is -2.08. The summed E-state index contributed by atoms with van der Waals surface area (Å²) in [5.41, 5.74) is 6.55. The van der Waals surface area contributed by atoms with Crippen molar-refractivity contribution in [2.75, 3.05) is 12.8 Å². The molecule has 2 N–H and O–H groups in total. The van der Waals surface area contributed by atoms with Crippen LogP contribution in [0, 0.1) is 11.3 Å². The Balaban J connectivity index is 2.36. The van der Waals surface area contributed by atoms with Crippen molar-refractivity contribution in [3.63, 3.8) is 0 Å². The molecule has 0 aliphatic carbocycles. The summed E-state index contributed by atoms with van der Waals surface area (Å²) < 4.78 is 6.37. The van der Waals surface area contributed by atoms with Crippen LogP contribution in [0.4, 0.5) is 5.82 Å². The zero-order chi connectivity index (χ0) is 13.8. The highest BCUT2D eigenvalue weighted by atomic mass is 16.5. The monoisotopic (exact) mass is 256 g/mol. The fourth-order valence-electron chi connectivity index (χ4n) is 1.68. The van der Waals surface area contributed by atoms with E-state index in [-0.39, 0.29) is 17.9 Å². The van der Waals surface area contributed by atoms with Gasteiger partial charge in [-0.3, -0.25) is 4.79 Å². The number of anilines is 1. The largest absolute Gasteiger partial charge is 0.495 e. The van der Waals surface area contributed by atoms with E-state index in [1.165, 1.54) is 23.9 Å². The first-order chi connectivity index (χ1) is 9.13. The Labute approximate surface area is 109 Å². The van der Waals surface area contributed by atoms with Crippen LogP contribution >= 0.6 is 0 Å².